The van der Waals surface area contributed by atoms with Gasteiger partial charge in [0.05, 0.1) is 10.6 Å². The highest BCUT2D eigenvalue weighted by atomic mass is 17.2. The van der Waals surface area contributed by atoms with Gasteiger partial charge in [-0.15, -0.1) is 0 Å². The first-order valence-corrected chi connectivity index (χ1v) is 5.72. The quantitative estimate of drug-likeness (QED) is 0.361. The molecule has 0 aromatic heterocycles. The molecular formula is C14H10N2O4. The van der Waals surface area contributed by atoms with Crippen molar-refractivity contribution in [3.05, 3.63) is 69.8 Å². The van der Waals surface area contributed by atoms with Crippen LogP contribution in [0.1, 0.15) is 11.1 Å². The number of benzene rings is 2. The maximum absolute atomic E-state index is 10.5. The molecule has 0 aliphatic heterocycles. The number of rotatable bonds is 5. The highest BCUT2D eigenvalue weighted by Crippen LogP contribution is 2.15. The Balaban J connectivity index is 2.06. The summed E-state index contributed by atoms with van der Waals surface area (Å²) in [5.74, 6) is 0. The van der Waals surface area contributed by atoms with Crippen LogP contribution in [0.4, 0.5) is 11.4 Å². The van der Waals surface area contributed by atoms with E-state index in [0.717, 1.165) is 11.1 Å². The molecule has 6 heteroatoms. The summed E-state index contributed by atoms with van der Waals surface area (Å²) in [5.41, 5.74) is 5.51. The van der Waals surface area contributed by atoms with Crippen LogP contribution in [0, 0.1) is 10.1 Å². The fourth-order valence-electron chi connectivity index (χ4n) is 1.59. The molecule has 100 valence electrons. The van der Waals surface area contributed by atoms with Gasteiger partial charge in [-0.25, -0.2) is 0 Å². The molecule has 0 aliphatic carbocycles. The van der Waals surface area contributed by atoms with E-state index in [1.165, 1.54) is 12.1 Å². The third kappa shape index (κ3) is 3.64. The third-order valence-corrected chi connectivity index (χ3v) is 2.61. The van der Waals surface area contributed by atoms with Gasteiger partial charge in [0.25, 0.3) is 5.69 Å². The summed E-state index contributed by atoms with van der Waals surface area (Å²) in [6, 6.07) is 13.1. The summed E-state index contributed by atoms with van der Waals surface area (Å²) in [5, 5.41) is 20.4. The van der Waals surface area contributed by atoms with Crippen LogP contribution in [0.3, 0.4) is 0 Å². The number of nitro benzene ring substituents is 1. The van der Waals surface area contributed by atoms with Crippen LogP contribution >= 0.6 is 0 Å². The average Bonchev–Trinajstić information content (AvgIpc) is 2.47. The monoisotopic (exact) mass is 270 g/mol. The lowest BCUT2D eigenvalue weighted by Gasteiger charge is -1.97. The van der Waals surface area contributed by atoms with E-state index in [2.05, 4.69) is 10.5 Å². The highest BCUT2D eigenvalue weighted by Gasteiger charge is 2.02. The fourth-order valence-corrected chi connectivity index (χ4v) is 1.59. The Labute approximate surface area is 115 Å². The standard InChI is InChI=1S/C14H10N2O4/c17-16(18)14-9-5-12(6-10-14)2-1-11-3-7-13(8-4-11)15-20-19/h1-10H/b2-1+. The molecule has 6 nitrogen and oxygen atoms in total. The van der Waals surface area contributed by atoms with Gasteiger partial charge < -0.3 is 0 Å². The second-order valence-corrected chi connectivity index (χ2v) is 3.94. The first-order valence-electron chi connectivity index (χ1n) is 5.72. The van der Waals surface area contributed by atoms with Gasteiger partial charge in [0.15, 0.2) is 0 Å². The Morgan fingerprint density at radius 2 is 1.45 bits per heavy atom. The van der Waals surface area contributed by atoms with Crippen molar-refractivity contribution in [2.75, 3.05) is 0 Å². The molecule has 0 heterocycles. The van der Waals surface area contributed by atoms with Gasteiger partial charge in [-0.2, -0.15) is 0 Å². The van der Waals surface area contributed by atoms with Crippen molar-refractivity contribution in [3.8, 4) is 0 Å². The molecule has 0 N–H and O–H groups in total. The molecule has 0 spiro atoms. The molecule has 2 aromatic carbocycles. The van der Waals surface area contributed by atoms with Crippen LogP contribution in [0.15, 0.2) is 48.5 Å². The molecule has 0 fully saturated rings. The van der Waals surface area contributed by atoms with Crippen molar-refractivity contribution in [3.63, 3.8) is 0 Å². The average molecular weight is 270 g/mol. The van der Waals surface area contributed by atoms with E-state index in [-0.39, 0.29) is 5.69 Å². The number of nitro groups is 1. The summed E-state index contributed by atoms with van der Waals surface area (Å²) in [6.07, 6.45) is 3.68. The predicted molar refractivity (Wildman–Crippen MR) is 72.0 cm³/mol. The SMILES string of the molecule is [O]O[N]c1ccc(/C=C/c2ccc([N+](=O)[O-])cc2)cc1. The lowest BCUT2D eigenvalue weighted by atomic mass is 10.1. The summed E-state index contributed by atoms with van der Waals surface area (Å²) >= 11 is 0. The van der Waals surface area contributed by atoms with E-state index < -0.39 is 4.92 Å². The Bertz CT molecular complexity index is 606. The minimum atomic E-state index is -0.437. The summed E-state index contributed by atoms with van der Waals surface area (Å²) in [6.45, 7) is 0. The van der Waals surface area contributed by atoms with Crippen LogP contribution in [-0.4, -0.2) is 4.92 Å². The highest BCUT2D eigenvalue weighted by molar-refractivity contribution is 5.70. The fraction of sp³-hybridized carbons (Fsp3) is 0. The van der Waals surface area contributed by atoms with E-state index in [1.807, 2.05) is 12.2 Å². The van der Waals surface area contributed by atoms with E-state index in [9.17, 15) is 15.4 Å². The number of hydrogen-bond acceptors (Lipinski definition) is 3. The van der Waals surface area contributed by atoms with Crippen molar-refractivity contribution in [2.24, 2.45) is 0 Å². The topological polar surface area (TPSA) is 86.4 Å². The van der Waals surface area contributed by atoms with Crippen LogP contribution < -0.4 is 5.48 Å². The third-order valence-electron chi connectivity index (χ3n) is 2.61. The minimum Gasteiger partial charge on any atom is -0.258 e. The van der Waals surface area contributed by atoms with Crippen LogP contribution in [0.25, 0.3) is 12.2 Å². The lowest BCUT2D eigenvalue weighted by Crippen LogP contribution is -1.92. The second kappa shape index (κ2) is 6.46. The van der Waals surface area contributed by atoms with Crippen LogP contribution in [-0.2, 0) is 10.2 Å². The molecule has 0 bridgehead atoms. The van der Waals surface area contributed by atoms with E-state index >= 15 is 0 Å². The molecule has 2 aromatic rings. The van der Waals surface area contributed by atoms with Gasteiger partial charge in [-0.05, 0) is 40.6 Å². The number of non-ortho nitro benzene ring substituents is 1. The molecule has 0 saturated heterocycles. The summed E-state index contributed by atoms with van der Waals surface area (Å²) < 4.78 is 0. The first-order chi connectivity index (χ1) is 9.69. The van der Waals surface area contributed by atoms with Crippen molar-refractivity contribution in [1.82, 2.24) is 5.48 Å². The molecule has 0 aliphatic rings. The van der Waals surface area contributed by atoms with E-state index in [4.69, 9.17) is 0 Å². The van der Waals surface area contributed by atoms with Gasteiger partial charge in [0.1, 0.15) is 0 Å². The molecule has 0 atom stereocenters. The normalized spacial score (nSPS) is 10.7. The number of nitrogens with zero attached hydrogens (tertiary/aromatic N) is 2. The van der Waals surface area contributed by atoms with Gasteiger partial charge in [-0.3, -0.25) is 10.1 Å². The van der Waals surface area contributed by atoms with Gasteiger partial charge >= 0.3 is 0 Å². The van der Waals surface area contributed by atoms with Crippen molar-refractivity contribution >= 4 is 23.5 Å². The van der Waals surface area contributed by atoms with E-state index in [0.29, 0.717) is 5.69 Å². The van der Waals surface area contributed by atoms with Crippen LogP contribution in [0.5, 0.6) is 0 Å². The largest absolute Gasteiger partial charge is 0.269 e. The minimum absolute atomic E-state index is 0.0609. The Kier molecular flexibility index (Phi) is 4.43. The molecule has 0 saturated carbocycles. The molecule has 0 amide bonds. The van der Waals surface area contributed by atoms with Crippen LogP contribution in [0.2, 0.25) is 0 Å². The molecule has 20 heavy (non-hydrogen) atoms. The van der Waals surface area contributed by atoms with Gasteiger partial charge in [0, 0.05) is 12.1 Å². The second-order valence-electron chi connectivity index (χ2n) is 3.94. The zero-order valence-corrected chi connectivity index (χ0v) is 10.3. The summed E-state index contributed by atoms with van der Waals surface area (Å²) in [4.78, 5) is 13.5. The first kappa shape index (κ1) is 13.7. The molecule has 2 rings (SSSR count). The van der Waals surface area contributed by atoms with Crippen molar-refractivity contribution in [2.45, 2.75) is 0 Å². The van der Waals surface area contributed by atoms with Crippen molar-refractivity contribution < 1.29 is 15.2 Å². The maximum atomic E-state index is 10.5. The maximum Gasteiger partial charge on any atom is 0.269 e. The Morgan fingerprint density at radius 3 is 1.90 bits per heavy atom. The Morgan fingerprint density at radius 1 is 0.950 bits per heavy atom. The van der Waals surface area contributed by atoms with Crippen molar-refractivity contribution in [1.29, 1.82) is 0 Å². The molecular weight excluding hydrogens is 260 g/mol. The Hall–Kier alpha value is -2.70. The smallest absolute Gasteiger partial charge is 0.258 e. The molecule has 2 radical (unpaired) electrons. The number of hydrogen-bond donors (Lipinski definition) is 0. The lowest BCUT2D eigenvalue weighted by molar-refractivity contribution is -0.384. The molecule has 0 unspecified atom stereocenters. The van der Waals surface area contributed by atoms with E-state index in [1.54, 1.807) is 36.4 Å². The summed E-state index contributed by atoms with van der Waals surface area (Å²) in [7, 11) is 0. The van der Waals surface area contributed by atoms with Gasteiger partial charge in [-0.1, -0.05) is 34.8 Å². The zero-order valence-electron chi connectivity index (χ0n) is 10.3. The predicted octanol–water partition coefficient (Wildman–Crippen LogP) is 3.28. The van der Waals surface area contributed by atoms with Gasteiger partial charge in [0.2, 0.25) is 0 Å². The zero-order chi connectivity index (χ0) is 14.4.